The van der Waals surface area contributed by atoms with Crippen LogP contribution in [-0.4, -0.2) is 67.1 Å². The van der Waals surface area contributed by atoms with Crippen LogP contribution in [-0.2, 0) is 11.2 Å². The number of hydrogen-bond acceptors (Lipinski definition) is 9. The van der Waals surface area contributed by atoms with Crippen LogP contribution >= 0.6 is 46.3 Å². The highest BCUT2D eigenvalue weighted by molar-refractivity contribution is 8.01. The maximum absolute atomic E-state index is 10.1. The molecule has 2 heterocycles. The van der Waals surface area contributed by atoms with Gasteiger partial charge in [0.05, 0.1) is 6.61 Å². The molecule has 1 aromatic heterocycles. The van der Waals surface area contributed by atoms with Crippen molar-refractivity contribution in [2.75, 3.05) is 6.61 Å². The van der Waals surface area contributed by atoms with Crippen molar-refractivity contribution in [2.45, 2.75) is 40.6 Å². The van der Waals surface area contributed by atoms with Gasteiger partial charge in [0.2, 0.25) is 0 Å². The molecule has 1 fully saturated rings. The van der Waals surface area contributed by atoms with Gasteiger partial charge in [-0.05, 0) is 17.7 Å². The van der Waals surface area contributed by atoms with Crippen molar-refractivity contribution >= 4 is 46.3 Å². The number of ether oxygens (including phenoxy) is 1. The molecule has 1 aliphatic heterocycles. The van der Waals surface area contributed by atoms with Crippen LogP contribution in [0.5, 0.6) is 0 Å². The van der Waals surface area contributed by atoms with Gasteiger partial charge in [0.1, 0.15) is 34.9 Å². The summed E-state index contributed by atoms with van der Waals surface area (Å²) in [4.78, 5) is 0. The lowest BCUT2D eigenvalue weighted by molar-refractivity contribution is -0.205. The van der Waals surface area contributed by atoms with E-state index in [1.165, 1.54) is 11.3 Å². The van der Waals surface area contributed by atoms with Crippen molar-refractivity contribution in [3.8, 4) is 0 Å². The average Bonchev–Trinajstić information content (AvgIpc) is 3.05. The summed E-state index contributed by atoms with van der Waals surface area (Å²) in [7, 11) is 0. The van der Waals surface area contributed by atoms with Crippen LogP contribution in [0.3, 0.4) is 0 Å². The molecule has 26 heavy (non-hydrogen) atoms. The van der Waals surface area contributed by atoms with Crippen LogP contribution in [0.25, 0.3) is 0 Å². The van der Waals surface area contributed by atoms with E-state index in [0.717, 1.165) is 17.3 Å². The van der Waals surface area contributed by atoms with E-state index in [2.05, 4.69) is 10.2 Å². The van der Waals surface area contributed by atoms with E-state index in [1.807, 2.05) is 6.07 Å². The number of thioether (sulfide) groups is 1. The Kier molecular flexibility index (Phi) is 6.76. The molecule has 7 nitrogen and oxygen atoms in total. The van der Waals surface area contributed by atoms with Gasteiger partial charge in [0, 0.05) is 16.5 Å². The summed E-state index contributed by atoms with van der Waals surface area (Å²) in [5, 5.41) is 48.9. The zero-order chi connectivity index (χ0) is 18.8. The predicted molar refractivity (Wildman–Crippen MR) is 98.8 cm³/mol. The fourth-order valence-corrected chi connectivity index (χ4v) is 5.07. The summed E-state index contributed by atoms with van der Waals surface area (Å²) in [5.74, 6) is 0. The summed E-state index contributed by atoms with van der Waals surface area (Å²) in [6.45, 7) is -0.474. The van der Waals surface area contributed by atoms with Crippen molar-refractivity contribution in [3.63, 3.8) is 0 Å². The Morgan fingerprint density at radius 2 is 1.88 bits per heavy atom. The Morgan fingerprint density at radius 1 is 1.12 bits per heavy atom. The van der Waals surface area contributed by atoms with E-state index in [0.29, 0.717) is 25.8 Å². The lowest BCUT2D eigenvalue weighted by atomic mass is 10.0. The van der Waals surface area contributed by atoms with E-state index < -0.39 is 36.5 Å². The van der Waals surface area contributed by atoms with Crippen molar-refractivity contribution in [1.82, 2.24) is 10.2 Å². The molecule has 0 amide bonds. The number of aliphatic hydroxyl groups excluding tert-OH is 4. The Hall–Kier alpha value is -0.490. The molecule has 5 atom stereocenters. The van der Waals surface area contributed by atoms with Gasteiger partial charge in [-0.25, -0.2) is 0 Å². The molecule has 4 N–H and O–H groups in total. The Labute approximate surface area is 167 Å². The van der Waals surface area contributed by atoms with Gasteiger partial charge in [0.15, 0.2) is 4.34 Å². The molecule has 11 heteroatoms. The molecule has 0 bridgehead atoms. The first kappa shape index (κ1) is 20.2. The third kappa shape index (κ3) is 4.49. The molecule has 2 aromatic rings. The van der Waals surface area contributed by atoms with Crippen LogP contribution in [0.2, 0.25) is 10.0 Å². The first-order valence-corrected chi connectivity index (χ1v) is 10.1. The van der Waals surface area contributed by atoms with Crippen LogP contribution in [0.1, 0.15) is 10.6 Å². The number of nitrogens with zero attached hydrogens (tertiary/aromatic N) is 2. The Balaban J connectivity index is 1.68. The molecular formula is C15H16Cl2N2O5S2. The first-order chi connectivity index (χ1) is 12.4. The minimum atomic E-state index is -1.42. The largest absolute Gasteiger partial charge is 0.394 e. The van der Waals surface area contributed by atoms with Crippen LogP contribution in [0.15, 0.2) is 22.5 Å². The predicted octanol–water partition coefficient (Wildman–Crippen LogP) is 1.33. The molecule has 3 rings (SSSR count). The number of rotatable bonds is 5. The van der Waals surface area contributed by atoms with E-state index >= 15 is 0 Å². The molecule has 0 radical (unpaired) electrons. The summed E-state index contributed by atoms with van der Waals surface area (Å²) in [6, 6.07) is 5.22. The second kappa shape index (κ2) is 8.68. The maximum Gasteiger partial charge on any atom is 0.176 e. The van der Waals surface area contributed by atoms with Gasteiger partial charge in [-0.15, -0.1) is 10.2 Å². The van der Waals surface area contributed by atoms with Gasteiger partial charge >= 0.3 is 0 Å². The molecule has 1 aromatic carbocycles. The van der Waals surface area contributed by atoms with Crippen molar-refractivity contribution in [2.24, 2.45) is 0 Å². The third-order valence-corrected chi connectivity index (χ3v) is 6.62. The molecule has 142 valence electrons. The molecule has 1 aliphatic rings. The standard InChI is InChI=1S/C15H16Cl2N2O5S2/c16-7-2-1-6(8(17)4-7)3-10-18-19-15(25-10)26-14-13(23)12(22)11(21)9(5-20)24-14/h1-2,4,9,11-14,20-23H,3,5H2/t9-,11+,12+,13-,14+/m1/s1. The van der Waals surface area contributed by atoms with Gasteiger partial charge < -0.3 is 25.2 Å². The van der Waals surface area contributed by atoms with E-state index in [-0.39, 0.29) is 0 Å². The first-order valence-electron chi connectivity index (χ1n) is 7.62. The van der Waals surface area contributed by atoms with Crippen LogP contribution < -0.4 is 0 Å². The molecule has 0 unspecified atom stereocenters. The zero-order valence-corrected chi connectivity index (χ0v) is 16.3. The zero-order valence-electron chi connectivity index (χ0n) is 13.2. The molecule has 0 aliphatic carbocycles. The quantitative estimate of drug-likeness (QED) is 0.552. The summed E-state index contributed by atoms with van der Waals surface area (Å²) < 4.78 is 5.97. The van der Waals surface area contributed by atoms with Gasteiger partial charge in [-0.2, -0.15) is 0 Å². The minimum Gasteiger partial charge on any atom is -0.394 e. The van der Waals surface area contributed by atoms with Crippen LogP contribution in [0, 0.1) is 0 Å². The molecule has 0 spiro atoms. The monoisotopic (exact) mass is 438 g/mol. The lowest BCUT2D eigenvalue weighted by Crippen LogP contribution is -2.57. The molecule has 0 saturated carbocycles. The number of hydrogen-bond donors (Lipinski definition) is 4. The lowest BCUT2D eigenvalue weighted by Gasteiger charge is -2.39. The highest BCUT2D eigenvalue weighted by Crippen LogP contribution is 2.35. The summed E-state index contributed by atoms with van der Waals surface area (Å²) in [5.41, 5.74) is -0.0259. The average molecular weight is 439 g/mol. The van der Waals surface area contributed by atoms with Gasteiger partial charge in [-0.1, -0.05) is 52.4 Å². The fourth-order valence-electron chi connectivity index (χ4n) is 2.45. The van der Waals surface area contributed by atoms with Crippen molar-refractivity contribution in [3.05, 3.63) is 38.8 Å². The second-order valence-corrected chi connectivity index (χ2v) is 8.94. The number of halogens is 2. The van der Waals surface area contributed by atoms with Crippen molar-refractivity contribution in [1.29, 1.82) is 0 Å². The fraction of sp³-hybridized carbons (Fsp3) is 0.467. The number of aliphatic hydroxyl groups is 4. The van der Waals surface area contributed by atoms with Crippen molar-refractivity contribution < 1.29 is 25.2 Å². The van der Waals surface area contributed by atoms with E-state index in [4.69, 9.17) is 27.9 Å². The Bertz CT molecular complexity index is 763. The Morgan fingerprint density at radius 3 is 2.58 bits per heavy atom. The van der Waals surface area contributed by atoms with Crippen LogP contribution in [0.4, 0.5) is 0 Å². The third-order valence-electron chi connectivity index (χ3n) is 3.87. The SMILES string of the molecule is OC[C@H]1O[C@@H](Sc2nnc(Cc3ccc(Cl)cc3Cl)s2)[C@H](O)[C@@H](O)[C@H]1O. The second-order valence-electron chi connectivity index (χ2n) is 5.69. The smallest absolute Gasteiger partial charge is 0.176 e. The summed E-state index contributed by atoms with van der Waals surface area (Å²) in [6.07, 6.45) is -4.60. The normalized spacial score (nSPS) is 29.1. The van der Waals surface area contributed by atoms with Gasteiger partial charge in [0.25, 0.3) is 0 Å². The van der Waals surface area contributed by atoms with Gasteiger partial charge in [-0.3, -0.25) is 0 Å². The molecule has 1 saturated heterocycles. The molecular weight excluding hydrogens is 423 g/mol. The number of aromatic nitrogens is 2. The number of benzene rings is 1. The summed E-state index contributed by atoms with van der Waals surface area (Å²) >= 11 is 14.4. The highest BCUT2D eigenvalue weighted by atomic mass is 35.5. The highest BCUT2D eigenvalue weighted by Gasteiger charge is 2.44. The van der Waals surface area contributed by atoms with E-state index in [9.17, 15) is 20.4 Å². The van der Waals surface area contributed by atoms with E-state index in [1.54, 1.807) is 12.1 Å². The maximum atomic E-state index is 10.1. The topological polar surface area (TPSA) is 116 Å². The minimum absolute atomic E-state index is 0.474.